The molecule has 0 unspecified atom stereocenters. The highest BCUT2D eigenvalue weighted by atomic mass is 35.5. The zero-order valence-corrected chi connectivity index (χ0v) is 15.9. The molecule has 0 aliphatic carbocycles. The van der Waals surface area contributed by atoms with E-state index < -0.39 is 0 Å². The smallest absolute Gasteiger partial charge is 0.291 e. The number of rotatable bonds is 9. The molecule has 25 heavy (non-hydrogen) atoms. The van der Waals surface area contributed by atoms with E-state index in [0.29, 0.717) is 42.7 Å². The van der Waals surface area contributed by atoms with E-state index in [4.69, 9.17) is 16.3 Å². The summed E-state index contributed by atoms with van der Waals surface area (Å²) in [5.41, 5.74) is 0.712. The Labute approximate surface area is 158 Å². The van der Waals surface area contributed by atoms with Crippen LogP contribution in [0, 0.1) is 0 Å². The Hall–Kier alpha value is -1.67. The summed E-state index contributed by atoms with van der Waals surface area (Å²) in [6, 6.07) is 7.34. The van der Waals surface area contributed by atoms with Crippen LogP contribution in [0.25, 0.3) is 5.69 Å². The van der Waals surface area contributed by atoms with Gasteiger partial charge < -0.3 is 15.4 Å². The summed E-state index contributed by atoms with van der Waals surface area (Å²) in [4.78, 5) is 16.5. The molecular formula is C16H23Cl2N5O2. The molecule has 9 heteroatoms. The second kappa shape index (κ2) is 11.0. The molecular weight excluding hydrogens is 365 g/mol. The number of carbonyl (C=O) groups is 1. The maximum atomic E-state index is 12.2. The Kier molecular flexibility index (Phi) is 9.44. The Morgan fingerprint density at radius 2 is 2.04 bits per heavy atom. The molecule has 138 valence electrons. The van der Waals surface area contributed by atoms with Crippen molar-refractivity contribution < 1.29 is 9.53 Å². The van der Waals surface area contributed by atoms with Crippen LogP contribution >= 0.6 is 24.0 Å². The summed E-state index contributed by atoms with van der Waals surface area (Å²) in [6.07, 6.45) is 0.643. The molecule has 1 aromatic carbocycles. The Balaban J connectivity index is 0.00000312. The number of hydrogen-bond acceptors (Lipinski definition) is 5. The van der Waals surface area contributed by atoms with E-state index in [1.54, 1.807) is 17.9 Å². The Bertz CT molecular complexity index is 678. The molecule has 0 atom stereocenters. The van der Waals surface area contributed by atoms with Gasteiger partial charge in [-0.1, -0.05) is 30.7 Å². The van der Waals surface area contributed by atoms with Crippen molar-refractivity contribution in [2.45, 2.75) is 13.3 Å². The molecule has 7 nitrogen and oxygen atoms in total. The van der Waals surface area contributed by atoms with Crippen LogP contribution in [-0.4, -0.2) is 54.0 Å². The molecule has 0 saturated carbocycles. The third-order valence-electron chi connectivity index (χ3n) is 3.34. The van der Waals surface area contributed by atoms with Crippen LogP contribution in [0.2, 0.25) is 5.02 Å². The lowest BCUT2D eigenvalue weighted by Gasteiger charge is -2.06. The second-order valence-corrected chi connectivity index (χ2v) is 5.47. The molecule has 0 saturated heterocycles. The number of halogens is 2. The average molecular weight is 388 g/mol. The minimum atomic E-state index is -0.302. The predicted octanol–water partition coefficient (Wildman–Crippen LogP) is 1.87. The first kappa shape index (κ1) is 21.4. The van der Waals surface area contributed by atoms with E-state index in [1.807, 2.05) is 25.1 Å². The molecule has 0 fully saturated rings. The Morgan fingerprint density at radius 1 is 1.28 bits per heavy atom. The highest BCUT2D eigenvalue weighted by Gasteiger charge is 2.17. The fourth-order valence-electron chi connectivity index (χ4n) is 2.13. The quantitative estimate of drug-likeness (QED) is 0.641. The largest absolute Gasteiger partial charge is 0.383 e. The number of ether oxygens (including phenoxy) is 1. The van der Waals surface area contributed by atoms with Gasteiger partial charge in [0.2, 0.25) is 5.82 Å². The van der Waals surface area contributed by atoms with Crippen LogP contribution < -0.4 is 10.6 Å². The van der Waals surface area contributed by atoms with E-state index in [-0.39, 0.29) is 24.1 Å². The van der Waals surface area contributed by atoms with Crippen molar-refractivity contribution in [1.82, 2.24) is 25.4 Å². The first-order chi connectivity index (χ1) is 11.7. The summed E-state index contributed by atoms with van der Waals surface area (Å²) in [7, 11) is 1.65. The summed E-state index contributed by atoms with van der Waals surface area (Å²) in [5, 5.41) is 10.8. The molecule has 0 bridgehead atoms. The van der Waals surface area contributed by atoms with Gasteiger partial charge in [0.15, 0.2) is 0 Å². The van der Waals surface area contributed by atoms with Crippen molar-refractivity contribution in [2.75, 3.05) is 33.4 Å². The van der Waals surface area contributed by atoms with E-state index >= 15 is 0 Å². The summed E-state index contributed by atoms with van der Waals surface area (Å²) in [5.74, 6) is 0.527. The van der Waals surface area contributed by atoms with E-state index in [2.05, 4.69) is 20.7 Å². The third-order valence-corrected chi connectivity index (χ3v) is 3.66. The lowest BCUT2D eigenvalue weighted by Crippen LogP contribution is -2.33. The fourth-order valence-corrected chi connectivity index (χ4v) is 2.34. The monoisotopic (exact) mass is 387 g/mol. The van der Waals surface area contributed by atoms with Crippen molar-refractivity contribution >= 4 is 29.9 Å². The molecule has 2 N–H and O–H groups in total. The van der Waals surface area contributed by atoms with Gasteiger partial charge in [-0.3, -0.25) is 4.79 Å². The lowest BCUT2D eigenvalue weighted by atomic mass is 10.3. The molecule has 0 aliphatic heterocycles. The van der Waals surface area contributed by atoms with Gasteiger partial charge in [-0.25, -0.2) is 9.67 Å². The fraction of sp³-hybridized carbons (Fsp3) is 0.438. The molecule has 0 aliphatic rings. The first-order valence-corrected chi connectivity index (χ1v) is 8.23. The topological polar surface area (TPSA) is 81.1 Å². The second-order valence-electron chi connectivity index (χ2n) is 5.07. The van der Waals surface area contributed by atoms with E-state index in [1.165, 1.54) is 0 Å². The van der Waals surface area contributed by atoms with Gasteiger partial charge >= 0.3 is 0 Å². The van der Waals surface area contributed by atoms with Crippen molar-refractivity contribution in [3.63, 3.8) is 0 Å². The summed E-state index contributed by atoms with van der Waals surface area (Å²) < 4.78 is 6.55. The summed E-state index contributed by atoms with van der Waals surface area (Å²) >= 11 is 6.21. The predicted molar refractivity (Wildman–Crippen MR) is 100 cm³/mol. The number of hydrogen-bond donors (Lipinski definition) is 2. The van der Waals surface area contributed by atoms with Gasteiger partial charge in [-0.05, 0) is 12.1 Å². The number of benzene rings is 1. The Morgan fingerprint density at radius 3 is 2.72 bits per heavy atom. The standard InChI is InChI=1S/C16H22ClN5O2.ClH/c1-3-14-20-15(16(23)19-9-8-18-10-11-24-2)21-22(14)13-7-5-4-6-12(13)17;/h4-7,18H,3,8-11H2,1-2H3,(H,19,23);1H. The molecule has 1 heterocycles. The zero-order valence-electron chi connectivity index (χ0n) is 14.3. The molecule has 2 aromatic rings. The highest BCUT2D eigenvalue weighted by molar-refractivity contribution is 6.32. The highest BCUT2D eigenvalue weighted by Crippen LogP contribution is 2.20. The number of amides is 1. The molecule has 0 spiro atoms. The molecule has 1 amide bonds. The van der Waals surface area contributed by atoms with Gasteiger partial charge in [-0.2, -0.15) is 0 Å². The van der Waals surface area contributed by atoms with E-state index in [9.17, 15) is 4.79 Å². The van der Waals surface area contributed by atoms with Gasteiger partial charge in [0.25, 0.3) is 5.91 Å². The zero-order chi connectivity index (χ0) is 17.4. The van der Waals surface area contributed by atoms with Gasteiger partial charge in [-0.15, -0.1) is 17.5 Å². The first-order valence-electron chi connectivity index (χ1n) is 7.86. The number of aryl methyl sites for hydroxylation is 1. The van der Waals surface area contributed by atoms with Gasteiger partial charge in [0, 0.05) is 33.2 Å². The van der Waals surface area contributed by atoms with Crippen LogP contribution in [0.3, 0.4) is 0 Å². The minimum absolute atomic E-state index is 0. The van der Waals surface area contributed by atoms with Crippen LogP contribution in [0.4, 0.5) is 0 Å². The number of carbonyl (C=O) groups excluding carboxylic acids is 1. The third kappa shape index (κ3) is 5.97. The van der Waals surface area contributed by atoms with Crippen LogP contribution in [-0.2, 0) is 11.2 Å². The molecule has 0 radical (unpaired) electrons. The van der Waals surface area contributed by atoms with Crippen LogP contribution in [0.1, 0.15) is 23.4 Å². The van der Waals surface area contributed by atoms with Crippen molar-refractivity contribution in [3.8, 4) is 5.69 Å². The maximum Gasteiger partial charge on any atom is 0.291 e. The average Bonchev–Trinajstić information content (AvgIpc) is 3.02. The summed E-state index contributed by atoms with van der Waals surface area (Å²) in [6.45, 7) is 4.48. The SMILES string of the molecule is CCc1nc(C(=O)NCCNCCOC)nn1-c1ccccc1Cl.Cl. The normalized spacial score (nSPS) is 10.4. The van der Waals surface area contributed by atoms with Crippen LogP contribution in [0.15, 0.2) is 24.3 Å². The van der Waals surface area contributed by atoms with Crippen molar-refractivity contribution in [2.24, 2.45) is 0 Å². The minimum Gasteiger partial charge on any atom is -0.383 e. The molecule has 2 rings (SSSR count). The maximum absolute atomic E-state index is 12.2. The molecule has 1 aromatic heterocycles. The van der Waals surface area contributed by atoms with Crippen molar-refractivity contribution in [1.29, 1.82) is 0 Å². The van der Waals surface area contributed by atoms with Gasteiger partial charge in [0.05, 0.1) is 17.3 Å². The van der Waals surface area contributed by atoms with Gasteiger partial charge in [0.1, 0.15) is 5.82 Å². The number of nitrogens with one attached hydrogen (secondary N) is 2. The number of nitrogens with zero attached hydrogens (tertiary/aromatic N) is 3. The van der Waals surface area contributed by atoms with Crippen LogP contribution in [0.5, 0.6) is 0 Å². The van der Waals surface area contributed by atoms with Crippen molar-refractivity contribution in [3.05, 3.63) is 40.9 Å². The number of aromatic nitrogens is 3. The number of methoxy groups -OCH3 is 1. The van der Waals surface area contributed by atoms with E-state index in [0.717, 1.165) is 6.54 Å². The number of para-hydroxylation sites is 1. The lowest BCUT2D eigenvalue weighted by molar-refractivity contribution is 0.0943.